The van der Waals surface area contributed by atoms with Crippen molar-refractivity contribution in [1.82, 2.24) is 15.2 Å². The molecule has 222 valence electrons. The zero-order valence-corrected chi connectivity index (χ0v) is 24.7. The van der Waals surface area contributed by atoms with Gasteiger partial charge in [0.05, 0.1) is 37.0 Å². The van der Waals surface area contributed by atoms with Gasteiger partial charge >= 0.3 is 0 Å². The topological polar surface area (TPSA) is 110 Å². The monoisotopic (exact) mass is 600 g/mol. The van der Waals surface area contributed by atoms with Crippen molar-refractivity contribution in [1.29, 1.82) is 5.26 Å². The van der Waals surface area contributed by atoms with Gasteiger partial charge in [0.2, 0.25) is 0 Å². The third-order valence-corrected chi connectivity index (χ3v) is 8.61. The molecular formula is C33H33ClN4O5. The molecule has 0 atom stereocenters. The Bertz CT molecular complexity index is 1690. The molecule has 5 heterocycles. The summed E-state index contributed by atoms with van der Waals surface area (Å²) in [5.41, 5.74) is 4.82. The Kier molecular flexibility index (Phi) is 8.01. The van der Waals surface area contributed by atoms with Crippen LogP contribution in [0.25, 0.3) is 33.6 Å². The Morgan fingerprint density at radius 3 is 2.67 bits per heavy atom. The molecule has 43 heavy (non-hydrogen) atoms. The minimum atomic E-state index is 0. The van der Waals surface area contributed by atoms with Gasteiger partial charge in [0, 0.05) is 49.3 Å². The number of nitrogens with zero attached hydrogens (tertiary/aromatic N) is 3. The molecule has 3 aliphatic rings. The van der Waals surface area contributed by atoms with Crippen LogP contribution in [0.15, 0.2) is 59.1 Å². The Morgan fingerprint density at radius 1 is 1.09 bits per heavy atom. The van der Waals surface area contributed by atoms with E-state index in [4.69, 9.17) is 18.6 Å². The van der Waals surface area contributed by atoms with Gasteiger partial charge in [0.25, 0.3) is 5.91 Å². The highest BCUT2D eigenvalue weighted by Crippen LogP contribution is 2.39. The molecule has 0 bridgehead atoms. The number of aromatic nitrogens is 1. The molecule has 3 aliphatic heterocycles. The number of benzene rings is 2. The highest BCUT2D eigenvalue weighted by Gasteiger charge is 2.46. The van der Waals surface area contributed by atoms with Crippen molar-refractivity contribution in [2.24, 2.45) is 0 Å². The highest BCUT2D eigenvalue weighted by atomic mass is 35.5. The van der Waals surface area contributed by atoms with Crippen LogP contribution in [0.4, 0.5) is 0 Å². The molecule has 2 aromatic heterocycles. The summed E-state index contributed by atoms with van der Waals surface area (Å²) in [4.78, 5) is 19.6. The SMILES string of the molecule is COc1cc(C(=O)N2CC3(CCCN3)C2)ccc1-c1cc2nccc(-c3ccc(OC4CCOCC4)c(C#N)c3)c2o1.Cl. The molecule has 0 aliphatic carbocycles. The van der Waals surface area contributed by atoms with Crippen LogP contribution >= 0.6 is 12.4 Å². The summed E-state index contributed by atoms with van der Waals surface area (Å²) in [6.45, 7) is 3.84. The number of amides is 1. The van der Waals surface area contributed by atoms with E-state index in [2.05, 4.69) is 16.4 Å². The van der Waals surface area contributed by atoms with Crippen LogP contribution < -0.4 is 14.8 Å². The number of nitriles is 1. The van der Waals surface area contributed by atoms with Gasteiger partial charge in [-0.15, -0.1) is 12.4 Å². The van der Waals surface area contributed by atoms with Crippen molar-refractivity contribution in [3.63, 3.8) is 0 Å². The van der Waals surface area contributed by atoms with Gasteiger partial charge in [-0.2, -0.15) is 5.26 Å². The minimum Gasteiger partial charge on any atom is -0.496 e. The van der Waals surface area contributed by atoms with Gasteiger partial charge in [-0.25, -0.2) is 0 Å². The van der Waals surface area contributed by atoms with Crippen LogP contribution in [-0.2, 0) is 4.74 Å². The summed E-state index contributed by atoms with van der Waals surface area (Å²) in [6, 6.07) is 17.1. The highest BCUT2D eigenvalue weighted by molar-refractivity contribution is 5.97. The predicted molar refractivity (Wildman–Crippen MR) is 164 cm³/mol. The van der Waals surface area contributed by atoms with Gasteiger partial charge < -0.3 is 28.8 Å². The van der Waals surface area contributed by atoms with Crippen LogP contribution in [0.5, 0.6) is 11.5 Å². The van der Waals surface area contributed by atoms with E-state index in [1.165, 1.54) is 0 Å². The summed E-state index contributed by atoms with van der Waals surface area (Å²) in [5.74, 6) is 1.71. The van der Waals surface area contributed by atoms with Gasteiger partial charge in [-0.1, -0.05) is 6.07 Å². The van der Waals surface area contributed by atoms with Crippen LogP contribution in [0.3, 0.4) is 0 Å². The second-order valence-corrected chi connectivity index (χ2v) is 11.3. The van der Waals surface area contributed by atoms with Crippen molar-refractivity contribution < 1.29 is 23.4 Å². The average Bonchev–Trinajstić information content (AvgIpc) is 3.68. The number of rotatable bonds is 6. The van der Waals surface area contributed by atoms with Crippen LogP contribution in [0.1, 0.15) is 41.6 Å². The predicted octanol–water partition coefficient (Wildman–Crippen LogP) is 5.60. The first-order valence-corrected chi connectivity index (χ1v) is 14.5. The molecule has 10 heteroatoms. The van der Waals surface area contributed by atoms with Gasteiger partial charge in [-0.05, 0) is 61.3 Å². The summed E-state index contributed by atoms with van der Waals surface area (Å²) in [7, 11) is 1.59. The van der Waals surface area contributed by atoms with Crippen molar-refractivity contribution in [2.45, 2.75) is 37.3 Å². The van der Waals surface area contributed by atoms with E-state index in [0.717, 1.165) is 62.0 Å². The number of nitrogens with one attached hydrogen (secondary N) is 1. The second kappa shape index (κ2) is 11.9. The fraction of sp³-hybridized carbons (Fsp3) is 0.364. The van der Waals surface area contributed by atoms with E-state index < -0.39 is 0 Å². The van der Waals surface area contributed by atoms with E-state index in [1.807, 2.05) is 47.4 Å². The summed E-state index contributed by atoms with van der Waals surface area (Å²) < 4.78 is 23.6. The normalized spacial score (nSPS) is 17.7. The maximum Gasteiger partial charge on any atom is 0.254 e. The standard InChI is InChI=1S/C33H32N4O5.ClH/c1-39-29-16-22(32(38)37-19-33(20-37)10-2-11-36-33)3-5-26(29)30-17-27-31(42-30)25(7-12-35-27)21-4-6-28(23(15-21)18-34)41-24-8-13-40-14-9-24;/h3-7,12,15-17,24,36H,2,8-11,13-14,19-20H2,1H3;1H. The summed E-state index contributed by atoms with van der Waals surface area (Å²) in [6.07, 6.45) is 5.67. The number of hydrogen-bond acceptors (Lipinski definition) is 8. The Hall–Kier alpha value is -4.10. The number of furan rings is 1. The maximum absolute atomic E-state index is 13.2. The molecule has 1 amide bonds. The number of carbonyl (C=O) groups is 1. The average molecular weight is 601 g/mol. The van der Waals surface area contributed by atoms with Crippen LogP contribution in [0, 0.1) is 11.3 Å². The molecular weight excluding hydrogens is 568 g/mol. The summed E-state index contributed by atoms with van der Waals surface area (Å²) >= 11 is 0. The molecule has 7 rings (SSSR count). The minimum absolute atomic E-state index is 0. The van der Waals surface area contributed by atoms with Crippen molar-refractivity contribution in [3.8, 4) is 40.0 Å². The second-order valence-electron chi connectivity index (χ2n) is 11.3. The first-order chi connectivity index (χ1) is 20.6. The summed E-state index contributed by atoms with van der Waals surface area (Å²) in [5, 5.41) is 13.4. The van der Waals surface area contributed by atoms with Gasteiger partial charge in [0.1, 0.15) is 34.9 Å². The lowest BCUT2D eigenvalue weighted by Crippen LogP contribution is -2.67. The molecule has 2 aromatic carbocycles. The largest absolute Gasteiger partial charge is 0.496 e. The zero-order chi connectivity index (χ0) is 28.7. The fourth-order valence-corrected chi connectivity index (χ4v) is 6.34. The molecule has 0 unspecified atom stereocenters. The lowest BCUT2D eigenvalue weighted by Gasteiger charge is -2.48. The van der Waals surface area contributed by atoms with Gasteiger partial charge in [0.15, 0.2) is 5.58 Å². The number of ether oxygens (including phenoxy) is 3. The molecule has 0 saturated carbocycles. The lowest BCUT2D eigenvalue weighted by atomic mass is 9.87. The van der Waals surface area contributed by atoms with Crippen LogP contribution in [-0.4, -0.2) is 67.4 Å². The Labute approximate surface area is 256 Å². The quantitative estimate of drug-likeness (QED) is 0.305. The van der Waals surface area contributed by atoms with E-state index in [9.17, 15) is 10.1 Å². The molecule has 4 aromatic rings. The van der Waals surface area contributed by atoms with E-state index in [-0.39, 0.29) is 30.0 Å². The molecule has 1 N–H and O–H groups in total. The smallest absolute Gasteiger partial charge is 0.254 e. The van der Waals surface area contributed by atoms with E-state index in [0.29, 0.717) is 52.7 Å². The molecule has 3 fully saturated rings. The van der Waals surface area contributed by atoms with Gasteiger partial charge in [-0.3, -0.25) is 9.78 Å². The number of halogens is 1. The molecule has 0 radical (unpaired) electrons. The zero-order valence-electron chi connectivity index (χ0n) is 23.9. The van der Waals surface area contributed by atoms with Crippen molar-refractivity contribution >= 4 is 29.4 Å². The van der Waals surface area contributed by atoms with E-state index in [1.54, 1.807) is 19.4 Å². The third-order valence-electron chi connectivity index (χ3n) is 8.61. The van der Waals surface area contributed by atoms with E-state index >= 15 is 0 Å². The first kappa shape index (κ1) is 29.0. The number of pyridine rings is 1. The molecule has 3 saturated heterocycles. The lowest BCUT2D eigenvalue weighted by molar-refractivity contribution is 0.0254. The molecule has 9 nitrogen and oxygen atoms in total. The third kappa shape index (κ3) is 5.42. The fourth-order valence-electron chi connectivity index (χ4n) is 6.34. The maximum atomic E-state index is 13.2. The number of likely N-dealkylation sites (tertiary alicyclic amines) is 1. The van der Waals surface area contributed by atoms with Crippen LogP contribution in [0.2, 0.25) is 0 Å². The number of carbonyl (C=O) groups excluding carboxylic acids is 1. The number of hydrogen-bond donors (Lipinski definition) is 1. The first-order valence-electron chi connectivity index (χ1n) is 14.5. The molecule has 1 spiro atoms. The van der Waals surface area contributed by atoms with Crippen molar-refractivity contribution in [2.75, 3.05) is 40.0 Å². The Morgan fingerprint density at radius 2 is 1.93 bits per heavy atom. The number of methoxy groups -OCH3 is 1. The Balaban J connectivity index is 0.00000329. The van der Waals surface area contributed by atoms with Crippen molar-refractivity contribution in [3.05, 3.63) is 65.9 Å². The number of fused-ring (bicyclic) bond motifs is 1.